The predicted molar refractivity (Wildman–Crippen MR) is 128 cm³/mol. The number of anilines is 2. The second kappa shape index (κ2) is 8.03. The third kappa shape index (κ3) is 3.76. The van der Waals surface area contributed by atoms with Crippen molar-refractivity contribution in [1.82, 2.24) is 4.98 Å². The molecule has 2 heterocycles. The number of aromatic nitrogens is 1. The summed E-state index contributed by atoms with van der Waals surface area (Å²) in [6.45, 7) is 2.36. The fourth-order valence-corrected chi connectivity index (χ4v) is 6.45. The van der Waals surface area contributed by atoms with Gasteiger partial charge in [-0.05, 0) is 67.8 Å². The van der Waals surface area contributed by atoms with Crippen molar-refractivity contribution < 1.29 is 13.2 Å². The lowest BCUT2D eigenvalue weighted by molar-refractivity contribution is 0.102. The molecule has 1 N–H and O–H groups in total. The number of nitrogens with zero attached hydrogens (tertiary/aromatic N) is 2. The average Bonchev–Trinajstić information content (AvgIpc) is 3.18. The Morgan fingerprint density at radius 1 is 1.06 bits per heavy atom. The van der Waals surface area contributed by atoms with E-state index in [0.29, 0.717) is 17.9 Å². The molecule has 4 aromatic rings. The summed E-state index contributed by atoms with van der Waals surface area (Å²) < 4.78 is 29.3. The summed E-state index contributed by atoms with van der Waals surface area (Å²) in [5.74, 6) is -0.360. The molecular weight excluding hydrogens is 442 g/mol. The van der Waals surface area contributed by atoms with E-state index in [4.69, 9.17) is 0 Å². The monoisotopic (exact) mass is 463 g/mol. The summed E-state index contributed by atoms with van der Waals surface area (Å²) >= 11 is 1.56. The first-order chi connectivity index (χ1) is 15.4. The average molecular weight is 464 g/mol. The highest BCUT2D eigenvalue weighted by Crippen LogP contribution is 2.32. The maximum Gasteiger partial charge on any atom is 0.264 e. The number of carbonyl (C=O) groups excluding carboxylic acids is 1. The smallest absolute Gasteiger partial charge is 0.264 e. The summed E-state index contributed by atoms with van der Waals surface area (Å²) in [5, 5.41) is 3.82. The summed E-state index contributed by atoms with van der Waals surface area (Å²) in [6.07, 6.45) is 1.62. The van der Waals surface area contributed by atoms with Crippen molar-refractivity contribution in [2.24, 2.45) is 0 Å². The second-order valence-electron chi connectivity index (χ2n) is 7.71. The molecule has 1 aliphatic heterocycles. The molecule has 0 saturated heterocycles. The molecule has 1 amide bonds. The lowest BCUT2D eigenvalue weighted by atomic mass is 10.0. The zero-order valence-electron chi connectivity index (χ0n) is 17.4. The van der Waals surface area contributed by atoms with E-state index in [1.54, 1.807) is 29.5 Å². The number of carbonyl (C=O) groups is 1. The van der Waals surface area contributed by atoms with E-state index >= 15 is 0 Å². The van der Waals surface area contributed by atoms with Crippen molar-refractivity contribution in [3.05, 3.63) is 82.9 Å². The second-order valence-corrected chi connectivity index (χ2v) is 10.8. The molecule has 0 unspecified atom stereocenters. The van der Waals surface area contributed by atoms with Crippen molar-refractivity contribution in [3.8, 4) is 0 Å². The largest absolute Gasteiger partial charge is 0.322 e. The number of hydrogen-bond donors (Lipinski definition) is 1. The lowest BCUT2D eigenvalue weighted by Gasteiger charge is -2.30. The number of aryl methyl sites for hydroxylation is 2. The Balaban J connectivity index is 1.43. The Kier molecular flexibility index (Phi) is 5.19. The maximum absolute atomic E-state index is 13.4. The van der Waals surface area contributed by atoms with Crippen molar-refractivity contribution >= 4 is 48.9 Å². The van der Waals surface area contributed by atoms with Crippen LogP contribution in [-0.4, -0.2) is 25.9 Å². The van der Waals surface area contributed by atoms with E-state index in [9.17, 15) is 13.2 Å². The third-order valence-corrected chi connectivity index (χ3v) is 8.25. The van der Waals surface area contributed by atoms with Gasteiger partial charge < -0.3 is 5.32 Å². The Morgan fingerprint density at radius 2 is 1.91 bits per heavy atom. The first-order valence-electron chi connectivity index (χ1n) is 10.3. The molecule has 5 rings (SSSR count). The molecule has 162 valence electrons. The molecule has 0 radical (unpaired) electrons. The van der Waals surface area contributed by atoms with Gasteiger partial charge in [-0.2, -0.15) is 0 Å². The van der Waals surface area contributed by atoms with Crippen LogP contribution in [0.4, 0.5) is 11.4 Å². The van der Waals surface area contributed by atoms with Gasteiger partial charge in [-0.1, -0.05) is 24.3 Å². The van der Waals surface area contributed by atoms with E-state index in [2.05, 4.69) is 10.3 Å². The minimum Gasteiger partial charge on any atom is -0.322 e. The van der Waals surface area contributed by atoms with Gasteiger partial charge in [0.25, 0.3) is 15.9 Å². The van der Waals surface area contributed by atoms with Crippen LogP contribution in [0.1, 0.15) is 27.3 Å². The molecule has 6 nitrogen and oxygen atoms in total. The van der Waals surface area contributed by atoms with Gasteiger partial charge in [-0.3, -0.25) is 9.10 Å². The molecule has 0 spiro atoms. The Bertz CT molecular complexity index is 1440. The minimum absolute atomic E-state index is 0.107. The molecule has 0 saturated carbocycles. The van der Waals surface area contributed by atoms with Crippen LogP contribution < -0.4 is 9.62 Å². The highest BCUT2D eigenvalue weighted by atomic mass is 32.2. The van der Waals surface area contributed by atoms with Crippen molar-refractivity contribution in [1.29, 1.82) is 0 Å². The molecule has 0 fully saturated rings. The van der Waals surface area contributed by atoms with E-state index in [1.165, 1.54) is 16.4 Å². The number of fused-ring (bicyclic) bond motifs is 2. The zero-order chi connectivity index (χ0) is 22.3. The van der Waals surface area contributed by atoms with Gasteiger partial charge in [-0.25, -0.2) is 13.4 Å². The molecule has 0 aliphatic carbocycles. The Hall–Kier alpha value is -3.23. The summed E-state index contributed by atoms with van der Waals surface area (Å²) in [7, 11) is -3.78. The molecule has 1 aliphatic rings. The minimum atomic E-state index is -3.78. The fourth-order valence-electron chi connectivity index (χ4n) is 3.99. The SMILES string of the molecule is Cc1nc2ccc(NC(=O)c3cccc(S(=O)(=O)N4CCCc5ccccc54)c3)cc2s1. The molecule has 0 atom stereocenters. The van der Waals surface area contributed by atoms with Gasteiger partial charge in [-0.15, -0.1) is 11.3 Å². The standard InChI is InChI=1S/C24H21N3O3S2/c1-16-25-21-12-11-19(15-23(21)31-16)26-24(28)18-7-4-9-20(14-18)32(29,30)27-13-5-8-17-6-2-3-10-22(17)27/h2-4,6-7,9-12,14-15H,5,8,13H2,1H3,(H,26,28). The van der Waals surface area contributed by atoms with Crippen LogP contribution in [0, 0.1) is 6.92 Å². The number of amides is 1. The number of rotatable bonds is 4. The number of para-hydroxylation sites is 1. The van der Waals surface area contributed by atoms with Crippen LogP contribution in [0.15, 0.2) is 71.6 Å². The fraction of sp³-hybridized carbons (Fsp3) is 0.167. The van der Waals surface area contributed by atoms with Gasteiger partial charge in [0.05, 0.1) is 25.8 Å². The van der Waals surface area contributed by atoms with E-state index < -0.39 is 10.0 Å². The summed E-state index contributed by atoms with van der Waals surface area (Å²) in [5.41, 5.74) is 3.55. The van der Waals surface area contributed by atoms with Gasteiger partial charge in [0.15, 0.2) is 0 Å². The van der Waals surface area contributed by atoms with E-state index in [0.717, 1.165) is 33.6 Å². The number of benzene rings is 3. The molecule has 32 heavy (non-hydrogen) atoms. The van der Waals surface area contributed by atoms with E-state index in [-0.39, 0.29) is 16.4 Å². The molecule has 0 bridgehead atoms. The van der Waals surface area contributed by atoms with Crippen LogP contribution in [0.5, 0.6) is 0 Å². The quantitative estimate of drug-likeness (QED) is 0.462. The normalized spacial score (nSPS) is 13.7. The third-order valence-electron chi connectivity index (χ3n) is 5.51. The molecule has 1 aromatic heterocycles. The van der Waals surface area contributed by atoms with E-state index in [1.807, 2.05) is 43.3 Å². The molecular formula is C24H21N3O3S2. The van der Waals surface area contributed by atoms with Gasteiger partial charge in [0, 0.05) is 17.8 Å². The zero-order valence-corrected chi connectivity index (χ0v) is 19.0. The van der Waals surface area contributed by atoms with Crippen LogP contribution in [0.2, 0.25) is 0 Å². The topological polar surface area (TPSA) is 79.4 Å². The van der Waals surface area contributed by atoms with Gasteiger partial charge in [0.2, 0.25) is 0 Å². The number of sulfonamides is 1. The van der Waals surface area contributed by atoms with Crippen LogP contribution in [0.25, 0.3) is 10.2 Å². The van der Waals surface area contributed by atoms with Crippen molar-refractivity contribution in [2.45, 2.75) is 24.7 Å². The highest BCUT2D eigenvalue weighted by Gasteiger charge is 2.29. The van der Waals surface area contributed by atoms with Gasteiger partial charge >= 0.3 is 0 Å². The summed E-state index contributed by atoms with van der Waals surface area (Å²) in [6, 6.07) is 19.3. The Labute approximate surface area is 190 Å². The maximum atomic E-state index is 13.4. The van der Waals surface area contributed by atoms with Crippen LogP contribution in [-0.2, 0) is 16.4 Å². The van der Waals surface area contributed by atoms with Crippen LogP contribution in [0.3, 0.4) is 0 Å². The number of nitrogens with one attached hydrogen (secondary N) is 1. The van der Waals surface area contributed by atoms with Crippen molar-refractivity contribution in [3.63, 3.8) is 0 Å². The first kappa shape index (κ1) is 20.7. The van der Waals surface area contributed by atoms with Crippen LogP contribution >= 0.6 is 11.3 Å². The number of thiazole rings is 1. The summed E-state index contributed by atoms with van der Waals surface area (Å²) in [4.78, 5) is 17.4. The highest BCUT2D eigenvalue weighted by molar-refractivity contribution is 7.92. The van der Waals surface area contributed by atoms with Gasteiger partial charge in [0.1, 0.15) is 0 Å². The molecule has 3 aromatic carbocycles. The predicted octanol–water partition coefficient (Wildman–Crippen LogP) is 5.00. The first-order valence-corrected chi connectivity index (χ1v) is 12.6. The number of hydrogen-bond acceptors (Lipinski definition) is 5. The van der Waals surface area contributed by atoms with Crippen molar-refractivity contribution in [2.75, 3.05) is 16.2 Å². The lowest BCUT2D eigenvalue weighted by Crippen LogP contribution is -2.35. The molecule has 8 heteroatoms. The Morgan fingerprint density at radius 3 is 2.78 bits per heavy atom.